The van der Waals surface area contributed by atoms with Gasteiger partial charge in [-0.25, -0.2) is 9.59 Å². The van der Waals surface area contributed by atoms with Crippen LogP contribution in [0.2, 0.25) is 0 Å². The monoisotopic (exact) mass is 290 g/mol. The Hall–Kier alpha value is -1.38. The number of nitrogens with one attached hydrogen (secondary N) is 1. The number of likely N-dealkylation sites (N-methyl/N-ethyl adjacent to an activating group) is 1. The molecule has 3 N–H and O–H groups in total. The first-order chi connectivity index (χ1) is 9.38. The Kier molecular flexibility index (Phi) is 6.18. The van der Waals surface area contributed by atoms with Gasteiger partial charge in [0.05, 0.1) is 18.7 Å². The summed E-state index contributed by atoms with van der Waals surface area (Å²) < 4.78 is 9.88. The Bertz CT molecular complexity index is 343. The molecule has 0 aromatic rings. The molecule has 1 aliphatic rings. The lowest BCUT2D eigenvalue weighted by Gasteiger charge is -2.35. The molecule has 1 heterocycles. The van der Waals surface area contributed by atoms with Crippen molar-refractivity contribution in [3.63, 3.8) is 0 Å². The third kappa shape index (κ3) is 4.95. The first-order valence-corrected chi connectivity index (χ1v) is 6.42. The number of methoxy groups -OCH3 is 1. The van der Waals surface area contributed by atoms with E-state index in [1.54, 1.807) is 7.05 Å². The fourth-order valence-corrected chi connectivity index (χ4v) is 2.01. The van der Waals surface area contributed by atoms with E-state index in [1.165, 1.54) is 12.0 Å². The van der Waals surface area contributed by atoms with Crippen LogP contribution in [0.1, 0.15) is 12.8 Å². The number of carbonyl (C=O) groups excluding carboxylic acids is 1. The Labute approximate surface area is 117 Å². The average molecular weight is 290 g/mol. The van der Waals surface area contributed by atoms with E-state index in [4.69, 9.17) is 14.6 Å². The Morgan fingerprint density at radius 3 is 2.55 bits per heavy atom. The van der Waals surface area contributed by atoms with Crippen molar-refractivity contribution in [1.82, 2.24) is 10.2 Å². The molecule has 116 valence electrons. The number of hydrogen-bond acceptors (Lipinski definition) is 5. The van der Waals surface area contributed by atoms with Crippen LogP contribution in [-0.4, -0.2) is 79.3 Å². The number of urea groups is 1. The van der Waals surface area contributed by atoms with E-state index in [0.29, 0.717) is 26.1 Å². The number of carboxylic acid groups (broad SMARTS) is 1. The van der Waals surface area contributed by atoms with Gasteiger partial charge in [-0.2, -0.15) is 0 Å². The summed E-state index contributed by atoms with van der Waals surface area (Å²) in [7, 11) is 2.81. The summed E-state index contributed by atoms with van der Waals surface area (Å²) in [6, 6.07) is -0.451. The van der Waals surface area contributed by atoms with Crippen LogP contribution in [0.4, 0.5) is 4.79 Å². The van der Waals surface area contributed by atoms with E-state index < -0.39 is 23.7 Å². The Balaban J connectivity index is 2.40. The van der Waals surface area contributed by atoms with E-state index in [0.717, 1.165) is 0 Å². The van der Waals surface area contributed by atoms with Crippen LogP contribution in [0.3, 0.4) is 0 Å². The van der Waals surface area contributed by atoms with E-state index >= 15 is 0 Å². The quantitative estimate of drug-likeness (QED) is 0.595. The standard InChI is InChI=1S/C12H22N2O6/c1-14(8-12(18)3-5-20-6-4-12)11(17)13-7-9(19-2)10(15)16/h9,18H,3-8H2,1-2H3,(H,13,17)(H,15,16). The van der Waals surface area contributed by atoms with Gasteiger partial charge < -0.3 is 29.9 Å². The molecular formula is C12H22N2O6. The van der Waals surface area contributed by atoms with Crippen LogP contribution in [0, 0.1) is 0 Å². The fraction of sp³-hybridized carbons (Fsp3) is 0.833. The third-order valence-electron chi connectivity index (χ3n) is 3.30. The predicted molar refractivity (Wildman–Crippen MR) is 69.5 cm³/mol. The van der Waals surface area contributed by atoms with Gasteiger partial charge in [0.25, 0.3) is 0 Å². The Morgan fingerprint density at radius 1 is 1.45 bits per heavy atom. The predicted octanol–water partition coefficient (Wildman–Crippen LogP) is -0.731. The van der Waals surface area contributed by atoms with E-state index in [-0.39, 0.29) is 13.1 Å². The highest BCUT2D eigenvalue weighted by Gasteiger charge is 2.32. The first-order valence-electron chi connectivity index (χ1n) is 6.42. The molecule has 1 unspecified atom stereocenters. The molecule has 0 aromatic heterocycles. The molecule has 0 radical (unpaired) electrons. The normalized spacial score (nSPS) is 19.1. The minimum absolute atomic E-state index is 0.128. The van der Waals surface area contributed by atoms with Gasteiger partial charge >= 0.3 is 12.0 Å². The second-order valence-electron chi connectivity index (χ2n) is 4.94. The second kappa shape index (κ2) is 7.41. The number of aliphatic carboxylic acids is 1. The lowest BCUT2D eigenvalue weighted by Crippen LogP contribution is -2.51. The molecule has 2 amide bonds. The van der Waals surface area contributed by atoms with Crippen molar-refractivity contribution in [1.29, 1.82) is 0 Å². The maximum atomic E-state index is 11.8. The molecular weight excluding hydrogens is 268 g/mol. The topological polar surface area (TPSA) is 108 Å². The van der Waals surface area contributed by atoms with Gasteiger partial charge in [0.2, 0.25) is 0 Å². The van der Waals surface area contributed by atoms with Crippen molar-refractivity contribution < 1.29 is 29.3 Å². The van der Waals surface area contributed by atoms with Crippen LogP contribution in [0.25, 0.3) is 0 Å². The van der Waals surface area contributed by atoms with E-state index in [1.807, 2.05) is 0 Å². The molecule has 1 saturated heterocycles. The number of nitrogens with zero attached hydrogens (tertiary/aromatic N) is 1. The molecule has 0 bridgehead atoms. The minimum atomic E-state index is -1.14. The Morgan fingerprint density at radius 2 is 2.05 bits per heavy atom. The van der Waals surface area contributed by atoms with Crippen molar-refractivity contribution in [2.45, 2.75) is 24.5 Å². The molecule has 1 aliphatic heterocycles. The van der Waals surface area contributed by atoms with Crippen LogP contribution >= 0.6 is 0 Å². The zero-order chi connectivity index (χ0) is 15.2. The summed E-state index contributed by atoms with van der Waals surface area (Å²) in [5, 5.41) is 21.5. The average Bonchev–Trinajstić information content (AvgIpc) is 2.39. The second-order valence-corrected chi connectivity index (χ2v) is 4.94. The largest absolute Gasteiger partial charge is 0.479 e. The van der Waals surface area contributed by atoms with Gasteiger partial charge in [0.1, 0.15) is 0 Å². The van der Waals surface area contributed by atoms with Gasteiger partial charge in [-0.1, -0.05) is 0 Å². The number of rotatable bonds is 6. The van der Waals surface area contributed by atoms with Gasteiger partial charge in [-0.3, -0.25) is 0 Å². The maximum Gasteiger partial charge on any atom is 0.334 e. The van der Waals surface area contributed by atoms with E-state index in [2.05, 4.69) is 5.32 Å². The van der Waals surface area contributed by atoms with Gasteiger partial charge in [0.15, 0.2) is 6.10 Å². The van der Waals surface area contributed by atoms with Gasteiger partial charge in [-0.15, -0.1) is 0 Å². The molecule has 0 aromatic carbocycles. The number of ether oxygens (including phenoxy) is 2. The van der Waals surface area contributed by atoms with Crippen molar-refractivity contribution in [2.24, 2.45) is 0 Å². The molecule has 20 heavy (non-hydrogen) atoms. The first kappa shape index (κ1) is 16.7. The molecule has 8 heteroatoms. The molecule has 1 atom stereocenters. The molecule has 8 nitrogen and oxygen atoms in total. The highest BCUT2D eigenvalue weighted by molar-refractivity contribution is 5.76. The number of aliphatic hydroxyl groups is 1. The number of carbonyl (C=O) groups is 2. The smallest absolute Gasteiger partial charge is 0.334 e. The van der Waals surface area contributed by atoms with Crippen LogP contribution < -0.4 is 5.32 Å². The lowest BCUT2D eigenvalue weighted by molar-refractivity contribution is -0.148. The summed E-state index contributed by atoms with van der Waals surface area (Å²) in [4.78, 5) is 23.9. The van der Waals surface area contributed by atoms with Crippen LogP contribution in [-0.2, 0) is 14.3 Å². The number of amides is 2. The number of hydrogen-bond donors (Lipinski definition) is 3. The zero-order valence-electron chi connectivity index (χ0n) is 11.8. The maximum absolute atomic E-state index is 11.8. The summed E-state index contributed by atoms with van der Waals surface area (Å²) >= 11 is 0. The molecule has 1 fully saturated rings. The van der Waals surface area contributed by atoms with Crippen LogP contribution in [0.15, 0.2) is 0 Å². The lowest BCUT2D eigenvalue weighted by atomic mass is 9.94. The van der Waals surface area contributed by atoms with Crippen LogP contribution in [0.5, 0.6) is 0 Å². The molecule has 0 aliphatic carbocycles. The summed E-state index contributed by atoms with van der Waals surface area (Å²) in [6.07, 6.45) is -0.139. The zero-order valence-corrected chi connectivity index (χ0v) is 11.8. The summed E-state index contributed by atoms with van der Waals surface area (Å²) in [6.45, 7) is 0.983. The van der Waals surface area contributed by atoms with Crippen molar-refractivity contribution >= 4 is 12.0 Å². The SMILES string of the molecule is COC(CNC(=O)N(C)CC1(O)CCOCC1)C(=O)O. The molecule has 0 saturated carbocycles. The summed E-state index contributed by atoms with van der Waals surface area (Å²) in [5.41, 5.74) is -0.947. The highest BCUT2D eigenvalue weighted by atomic mass is 16.5. The fourth-order valence-electron chi connectivity index (χ4n) is 2.01. The number of carboxylic acids is 1. The summed E-state index contributed by atoms with van der Waals surface area (Å²) in [5.74, 6) is -1.14. The van der Waals surface area contributed by atoms with Crippen molar-refractivity contribution in [3.8, 4) is 0 Å². The minimum Gasteiger partial charge on any atom is -0.479 e. The van der Waals surface area contributed by atoms with Crippen molar-refractivity contribution in [2.75, 3.05) is 40.5 Å². The van der Waals surface area contributed by atoms with E-state index in [9.17, 15) is 14.7 Å². The third-order valence-corrected chi connectivity index (χ3v) is 3.30. The van der Waals surface area contributed by atoms with Gasteiger partial charge in [0, 0.05) is 40.2 Å². The molecule has 0 spiro atoms. The molecule has 1 rings (SSSR count). The van der Waals surface area contributed by atoms with Gasteiger partial charge in [-0.05, 0) is 0 Å². The van der Waals surface area contributed by atoms with Crippen molar-refractivity contribution in [3.05, 3.63) is 0 Å². The highest BCUT2D eigenvalue weighted by Crippen LogP contribution is 2.21.